The summed E-state index contributed by atoms with van der Waals surface area (Å²) < 4.78 is 6.31. The molecule has 0 saturated carbocycles. The van der Waals surface area contributed by atoms with Crippen LogP contribution in [-0.2, 0) is 15.1 Å². The zero-order chi connectivity index (χ0) is 11.6. The van der Waals surface area contributed by atoms with Crippen LogP contribution < -0.4 is 0 Å². The molecule has 15 heavy (non-hydrogen) atoms. The van der Waals surface area contributed by atoms with E-state index in [1.807, 2.05) is 0 Å². The molecule has 1 rings (SSSR count). The predicted molar refractivity (Wildman–Crippen MR) is 50.2 cm³/mol. The van der Waals surface area contributed by atoms with E-state index in [0.29, 0.717) is 5.82 Å². The molecule has 1 atom stereocenters. The minimum atomic E-state index is -1.19. The normalized spacial score (nSPS) is 13.9. The molecule has 84 valence electrons. The highest BCUT2D eigenvalue weighted by Crippen LogP contribution is 2.20. The maximum absolute atomic E-state index is 11.0. The third-order valence-electron chi connectivity index (χ3n) is 2.26. The lowest BCUT2D eigenvalue weighted by atomic mass is 10.1. The summed E-state index contributed by atoms with van der Waals surface area (Å²) in [6.45, 7) is 4.80. The molecule has 0 aliphatic carbocycles. The van der Waals surface area contributed by atoms with Gasteiger partial charge in [0.1, 0.15) is 6.10 Å². The van der Waals surface area contributed by atoms with Gasteiger partial charge in [-0.2, -0.15) is 0 Å². The summed E-state index contributed by atoms with van der Waals surface area (Å²) in [5.41, 5.74) is -1.19. The first-order chi connectivity index (χ1) is 6.91. The number of aliphatic carboxylic acids is 1. The molecule has 0 aliphatic rings. The lowest BCUT2D eigenvalue weighted by Crippen LogP contribution is -2.38. The smallest absolute Gasteiger partial charge is 0.331 e. The first kappa shape index (κ1) is 11.6. The van der Waals surface area contributed by atoms with E-state index >= 15 is 0 Å². The fraction of sp³-hybridized carbons (Fsp3) is 0.750. The van der Waals surface area contributed by atoms with Crippen LogP contribution in [0, 0.1) is 0 Å². The maximum atomic E-state index is 11.0. The van der Waals surface area contributed by atoms with Crippen LogP contribution in [0.3, 0.4) is 0 Å². The number of carboxylic acid groups (broad SMARTS) is 1. The molecule has 1 heterocycles. The number of ether oxygens (including phenoxy) is 1. The molecule has 0 radical (unpaired) electrons. The minimum Gasteiger partial charge on any atom is -0.479 e. The third-order valence-corrected chi connectivity index (χ3v) is 2.26. The van der Waals surface area contributed by atoms with Crippen molar-refractivity contribution in [3.05, 3.63) is 5.82 Å². The number of aromatic nitrogens is 4. The van der Waals surface area contributed by atoms with Gasteiger partial charge in [0.05, 0.1) is 0 Å². The second-order valence-electron chi connectivity index (χ2n) is 3.69. The Hall–Kier alpha value is -1.50. The molecule has 1 aromatic heterocycles. The monoisotopic (exact) mass is 214 g/mol. The molecule has 0 saturated heterocycles. The Morgan fingerprint density at radius 2 is 2.20 bits per heavy atom. The maximum Gasteiger partial charge on any atom is 0.331 e. The molecule has 0 aromatic carbocycles. The third kappa shape index (κ3) is 1.96. The number of hydrogen-bond donors (Lipinski definition) is 1. The van der Waals surface area contributed by atoms with E-state index in [1.165, 1.54) is 25.6 Å². The van der Waals surface area contributed by atoms with Gasteiger partial charge < -0.3 is 9.84 Å². The van der Waals surface area contributed by atoms with Crippen LogP contribution in [0.5, 0.6) is 0 Å². The van der Waals surface area contributed by atoms with Crippen LogP contribution in [0.2, 0.25) is 0 Å². The lowest BCUT2D eigenvalue weighted by Gasteiger charge is -2.21. The van der Waals surface area contributed by atoms with Crippen molar-refractivity contribution < 1.29 is 14.6 Å². The standard InChI is InChI=1S/C8H14N4O3/c1-5(15-4)6-9-10-11-12(6)8(2,3)7(13)14/h5H,1-4H3,(H,13,14). The average molecular weight is 214 g/mol. The lowest BCUT2D eigenvalue weighted by molar-refractivity contribution is -0.146. The topological polar surface area (TPSA) is 90.1 Å². The average Bonchev–Trinajstić information content (AvgIpc) is 2.65. The van der Waals surface area contributed by atoms with Crippen molar-refractivity contribution >= 4 is 5.97 Å². The molecule has 7 heteroatoms. The molecule has 0 bridgehead atoms. The second-order valence-corrected chi connectivity index (χ2v) is 3.69. The number of nitrogens with zero attached hydrogens (tertiary/aromatic N) is 4. The van der Waals surface area contributed by atoms with Gasteiger partial charge in [-0.15, -0.1) is 5.10 Å². The number of carbonyl (C=O) groups is 1. The van der Waals surface area contributed by atoms with Gasteiger partial charge in [0, 0.05) is 7.11 Å². The van der Waals surface area contributed by atoms with E-state index in [4.69, 9.17) is 9.84 Å². The first-order valence-electron chi connectivity index (χ1n) is 4.46. The van der Waals surface area contributed by atoms with Crippen LogP contribution in [0.4, 0.5) is 0 Å². The van der Waals surface area contributed by atoms with Gasteiger partial charge in [0.2, 0.25) is 0 Å². The molecule has 0 aliphatic heterocycles. The Labute approximate surface area is 87.0 Å². The van der Waals surface area contributed by atoms with E-state index < -0.39 is 11.5 Å². The largest absolute Gasteiger partial charge is 0.479 e. The Morgan fingerprint density at radius 1 is 1.60 bits per heavy atom. The van der Waals surface area contributed by atoms with Gasteiger partial charge in [-0.25, -0.2) is 9.48 Å². The highest BCUT2D eigenvalue weighted by molar-refractivity contribution is 5.75. The van der Waals surface area contributed by atoms with Crippen molar-refractivity contribution in [1.82, 2.24) is 20.2 Å². The SMILES string of the molecule is COC(C)c1nnnn1C(C)(C)C(=O)O. The molecule has 0 amide bonds. The molecule has 1 N–H and O–H groups in total. The molecule has 0 fully saturated rings. The summed E-state index contributed by atoms with van der Waals surface area (Å²) in [6.07, 6.45) is -0.348. The molecule has 1 unspecified atom stereocenters. The fourth-order valence-electron chi connectivity index (χ4n) is 1.04. The van der Waals surface area contributed by atoms with Gasteiger partial charge in [-0.1, -0.05) is 0 Å². The molecular weight excluding hydrogens is 200 g/mol. The summed E-state index contributed by atoms with van der Waals surface area (Å²) in [7, 11) is 1.51. The number of tetrazole rings is 1. The number of methoxy groups -OCH3 is 1. The number of carboxylic acids is 1. The van der Waals surface area contributed by atoms with Crippen molar-refractivity contribution in [1.29, 1.82) is 0 Å². The van der Waals surface area contributed by atoms with Crippen LogP contribution in [0.15, 0.2) is 0 Å². The van der Waals surface area contributed by atoms with Gasteiger partial charge in [0.15, 0.2) is 11.4 Å². The van der Waals surface area contributed by atoms with Crippen LogP contribution in [-0.4, -0.2) is 38.4 Å². The van der Waals surface area contributed by atoms with E-state index in [1.54, 1.807) is 6.92 Å². The highest BCUT2D eigenvalue weighted by Gasteiger charge is 2.34. The Balaban J connectivity index is 3.15. The second kappa shape index (κ2) is 3.93. The summed E-state index contributed by atoms with van der Waals surface area (Å²) in [6, 6.07) is 0. The van der Waals surface area contributed by atoms with Gasteiger partial charge in [-0.05, 0) is 31.2 Å². The van der Waals surface area contributed by atoms with Crippen molar-refractivity contribution in [3.8, 4) is 0 Å². The highest BCUT2D eigenvalue weighted by atomic mass is 16.5. The summed E-state index contributed by atoms with van der Waals surface area (Å²) in [5.74, 6) is -0.607. The van der Waals surface area contributed by atoms with E-state index in [2.05, 4.69) is 15.5 Å². The van der Waals surface area contributed by atoms with E-state index in [-0.39, 0.29) is 6.10 Å². The number of rotatable bonds is 4. The molecule has 1 aromatic rings. The quantitative estimate of drug-likeness (QED) is 0.770. The van der Waals surface area contributed by atoms with Crippen LogP contribution in [0.1, 0.15) is 32.7 Å². The molecule has 7 nitrogen and oxygen atoms in total. The van der Waals surface area contributed by atoms with Crippen molar-refractivity contribution in [2.24, 2.45) is 0 Å². The van der Waals surface area contributed by atoms with Crippen molar-refractivity contribution in [2.75, 3.05) is 7.11 Å². The van der Waals surface area contributed by atoms with Gasteiger partial charge >= 0.3 is 5.97 Å². The predicted octanol–water partition coefficient (Wildman–Crippen LogP) is 0.200. The summed E-state index contributed by atoms with van der Waals surface area (Å²) in [4.78, 5) is 11.0. The van der Waals surface area contributed by atoms with E-state index in [9.17, 15) is 4.79 Å². The number of hydrogen-bond acceptors (Lipinski definition) is 5. The zero-order valence-electron chi connectivity index (χ0n) is 9.13. The van der Waals surface area contributed by atoms with Gasteiger partial charge in [-0.3, -0.25) is 0 Å². The molecular formula is C8H14N4O3. The molecule has 0 spiro atoms. The van der Waals surface area contributed by atoms with Crippen molar-refractivity contribution in [2.45, 2.75) is 32.4 Å². The Bertz CT molecular complexity index is 361. The Morgan fingerprint density at radius 3 is 2.67 bits per heavy atom. The Kier molecular flexibility index (Phi) is 3.04. The van der Waals surface area contributed by atoms with Crippen LogP contribution in [0.25, 0.3) is 0 Å². The van der Waals surface area contributed by atoms with Crippen LogP contribution >= 0.6 is 0 Å². The summed E-state index contributed by atoms with van der Waals surface area (Å²) >= 11 is 0. The summed E-state index contributed by atoms with van der Waals surface area (Å²) in [5, 5.41) is 19.9. The fourth-order valence-corrected chi connectivity index (χ4v) is 1.04. The van der Waals surface area contributed by atoms with Crippen molar-refractivity contribution in [3.63, 3.8) is 0 Å². The van der Waals surface area contributed by atoms with Gasteiger partial charge in [0.25, 0.3) is 0 Å². The zero-order valence-corrected chi connectivity index (χ0v) is 9.13. The van der Waals surface area contributed by atoms with E-state index in [0.717, 1.165) is 0 Å². The first-order valence-corrected chi connectivity index (χ1v) is 4.46. The minimum absolute atomic E-state index is 0.348.